The number of carbonyl (C=O) groups is 2. The lowest BCUT2D eigenvalue weighted by molar-refractivity contribution is -0.132. The topological polar surface area (TPSA) is 66.8 Å². The summed E-state index contributed by atoms with van der Waals surface area (Å²) in [6, 6.07) is 10.5. The molecule has 0 aliphatic carbocycles. The van der Waals surface area contributed by atoms with Crippen molar-refractivity contribution in [3.63, 3.8) is 0 Å². The number of benzene rings is 2. The van der Waals surface area contributed by atoms with E-state index in [1.807, 2.05) is 20.8 Å². The van der Waals surface area contributed by atoms with E-state index >= 15 is 0 Å². The van der Waals surface area contributed by atoms with Gasteiger partial charge in [-0.1, -0.05) is 26.8 Å². The van der Waals surface area contributed by atoms with Gasteiger partial charge in [-0.25, -0.2) is 8.78 Å². The zero-order valence-corrected chi connectivity index (χ0v) is 19.9. The van der Waals surface area contributed by atoms with Crippen molar-refractivity contribution in [2.75, 3.05) is 12.0 Å². The SMILES string of the molecule is COc1ccc(/C(O)=C2/C(=O)C(=O)N(c3ccc(F)c(F)c3)C2c2cccs2)cc1C(C)(C)C. The van der Waals surface area contributed by atoms with Gasteiger partial charge in [0.1, 0.15) is 17.6 Å². The first-order valence-electron chi connectivity index (χ1n) is 10.5. The number of amides is 1. The van der Waals surface area contributed by atoms with Crippen LogP contribution in [0.5, 0.6) is 5.75 Å². The zero-order valence-electron chi connectivity index (χ0n) is 19.1. The van der Waals surface area contributed by atoms with Gasteiger partial charge in [-0.2, -0.15) is 0 Å². The summed E-state index contributed by atoms with van der Waals surface area (Å²) in [5.74, 6) is -3.78. The molecule has 1 aliphatic rings. The van der Waals surface area contributed by atoms with Gasteiger partial charge in [0.25, 0.3) is 11.7 Å². The Balaban J connectivity index is 1.93. The number of thiophene rings is 1. The van der Waals surface area contributed by atoms with Crippen LogP contribution >= 0.6 is 11.3 Å². The predicted octanol–water partition coefficient (Wildman–Crippen LogP) is 5.96. The highest BCUT2D eigenvalue weighted by molar-refractivity contribution is 7.10. The number of ether oxygens (including phenoxy) is 1. The van der Waals surface area contributed by atoms with E-state index < -0.39 is 29.4 Å². The van der Waals surface area contributed by atoms with Crippen LogP contribution in [0.15, 0.2) is 59.5 Å². The number of halogens is 2. The first-order valence-corrected chi connectivity index (χ1v) is 11.4. The van der Waals surface area contributed by atoms with E-state index in [0.29, 0.717) is 16.2 Å². The summed E-state index contributed by atoms with van der Waals surface area (Å²) in [6.07, 6.45) is 0. The van der Waals surface area contributed by atoms with Gasteiger partial charge in [-0.3, -0.25) is 14.5 Å². The van der Waals surface area contributed by atoms with Crippen LogP contribution in [0.1, 0.15) is 42.8 Å². The van der Waals surface area contributed by atoms with Gasteiger partial charge >= 0.3 is 0 Å². The second kappa shape index (κ2) is 8.68. The van der Waals surface area contributed by atoms with Crippen LogP contribution in [-0.4, -0.2) is 23.9 Å². The molecule has 0 radical (unpaired) electrons. The number of methoxy groups -OCH3 is 1. The maximum atomic E-state index is 14.0. The second-order valence-electron chi connectivity index (χ2n) is 8.95. The van der Waals surface area contributed by atoms with Crippen molar-refractivity contribution in [1.29, 1.82) is 0 Å². The van der Waals surface area contributed by atoms with Crippen LogP contribution in [0.2, 0.25) is 0 Å². The largest absolute Gasteiger partial charge is 0.507 e. The molecule has 1 aliphatic heterocycles. The van der Waals surface area contributed by atoms with Crippen molar-refractivity contribution in [2.24, 2.45) is 0 Å². The van der Waals surface area contributed by atoms with E-state index in [2.05, 4.69) is 0 Å². The number of aliphatic hydroxyl groups excluding tert-OH is 1. The highest BCUT2D eigenvalue weighted by atomic mass is 32.1. The van der Waals surface area contributed by atoms with Gasteiger partial charge in [0.2, 0.25) is 0 Å². The van der Waals surface area contributed by atoms with Crippen molar-refractivity contribution in [2.45, 2.75) is 32.2 Å². The van der Waals surface area contributed by atoms with Crippen LogP contribution < -0.4 is 9.64 Å². The molecule has 0 saturated carbocycles. The van der Waals surface area contributed by atoms with Gasteiger partial charge < -0.3 is 9.84 Å². The molecule has 4 rings (SSSR count). The molecule has 5 nitrogen and oxygen atoms in total. The minimum absolute atomic E-state index is 0.0172. The summed E-state index contributed by atoms with van der Waals surface area (Å²) in [4.78, 5) is 27.9. The Kier molecular flexibility index (Phi) is 6.03. The molecule has 2 heterocycles. The highest BCUT2D eigenvalue weighted by Gasteiger charge is 2.47. The molecule has 1 N–H and O–H groups in total. The second-order valence-corrected chi connectivity index (χ2v) is 9.93. The molecule has 0 bridgehead atoms. The predicted molar refractivity (Wildman–Crippen MR) is 127 cm³/mol. The quantitative estimate of drug-likeness (QED) is 0.283. The van der Waals surface area contributed by atoms with Crippen molar-refractivity contribution in [3.05, 3.63) is 87.1 Å². The summed E-state index contributed by atoms with van der Waals surface area (Å²) in [5.41, 5.74) is 0.718. The zero-order chi connectivity index (χ0) is 24.8. The minimum Gasteiger partial charge on any atom is -0.507 e. The van der Waals surface area contributed by atoms with Crippen LogP contribution in [-0.2, 0) is 15.0 Å². The Labute approximate surface area is 199 Å². The van der Waals surface area contributed by atoms with E-state index in [9.17, 15) is 23.5 Å². The first-order chi connectivity index (χ1) is 16.0. The van der Waals surface area contributed by atoms with E-state index in [4.69, 9.17) is 4.74 Å². The summed E-state index contributed by atoms with van der Waals surface area (Å²) in [5, 5.41) is 13.1. The third kappa shape index (κ3) is 3.98. The molecule has 1 amide bonds. The minimum atomic E-state index is -1.14. The molecule has 1 atom stereocenters. The summed E-state index contributed by atoms with van der Waals surface area (Å²) in [6.45, 7) is 5.97. The molecule has 34 heavy (non-hydrogen) atoms. The fraction of sp³-hybridized carbons (Fsp3) is 0.231. The first kappa shape index (κ1) is 23.6. The van der Waals surface area contributed by atoms with Crippen molar-refractivity contribution in [1.82, 2.24) is 0 Å². The van der Waals surface area contributed by atoms with Crippen LogP contribution in [0, 0.1) is 11.6 Å². The number of Topliss-reactive ketones (excluding diaryl/α,β-unsaturated/α-hetero) is 1. The standard InChI is InChI=1S/C26H23F2NO4S/c1-26(2,3)16-12-14(7-10-19(16)33-4)23(30)21-22(20-6-5-11-34-20)29(25(32)24(21)31)15-8-9-17(27)18(28)13-15/h5-13,22,30H,1-4H3/b23-21-. The molecule has 1 saturated heterocycles. The van der Waals surface area contributed by atoms with Crippen LogP contribution in [0.4, 0.5) is 14.5 Å². The lowest BCUT2D eigenvalue weighted by Crippen LogP contribution is -2.29. The Morgan fingerprint density at radius 1 is 1.06 bits per heavy atom. The van der Waals surface area contributed by atoms with Gasteiger partial charge in [0.05, 0.1) is 12.7 Å². The number of hydrogen-bond acceptors (Lipinski definition) is 5. The summed E-state index contributed by atoms with van der Waals surface area (Å²) < 4.78 is 33.0. The van der Waals surface area contributed by atoms with Gasteiger partial charge in [0.15, 0.2) is 11.6 Å². The third-order valence-corrected chi connectivity index (χ3v) is 6.64. The van der Waals surface area contributed by atoms with E-state index in [-0.39, 0.29) is 22.4 Å². The molecule has 0 spiro atoms. The number of ketones is 1. The Bertz CT molecular complexity index is 1310. The molecular formula is C26H23F2NO4S. The molecule has 1 unspecified atom stereocenters. The van der Waals surface area contributed by atoms with Crippen molar-refractivity contribution in [3.8, 4) is 5.75 Å². The molecule has 1 fully saturated rings. The smallest absolute Gasteiger partial charge is 0.300 e. The van der Waals surface area contributed by atoms with Crippen LogP contribution in [0.3, 0.4) is 0 Å². The lowest BCUT2D eigenvalue weighted by Gasteiger charge is -2.25. The highest BCUT2D eigenvalue weighted by Crippen LogP contribution is 2.44. The number of rotatable bonds is 4. The number of nitrogens with zero attached hydrogens (tertiary/aromatic N) is 1. The van der Waals surface area contributed by atoms with E-state index in [0.717, 1.165) is 22.6 Å². The molecule has 176 valence electrons. The van der Waals surface area contributed by atoms with E-state index in [1.165, 1.54) is 17.4 Å². The number of hydrogen-bond donors (Lipinski definition) is 1. The number of anilines is 1. The normalized spacial score (nSPS) is 17.9. The average molecular weight is 484 g/mol. The molecular weight excluding hydrogens is 460 g/mol. The maximum absolute atomic E-state index is 14.0. The lowest BCUT2D eigenvalue weighted by atomic mass is 9.84. The van der Waals surface area contributed by atoms with Crippen LogP contribution in [0.25, 0.3) is 5.76 Å². The Morgan fingerprint density at radius 3 is 2.38 bits per heavy atom. The van der Waals surface area contributed by atoms with Gasteiger partial charge in [-0.05, 0) is 47.2 Å². The fourth-order valence-electron chi connectivity index (χ4n) is 4.05. The number of carbonyl (C=O) groups excluding carboxylic acids is 2. The third-order valence-electron chi connectivity index (χ3n) is 5.72. The van der Waals surface area contributed by atoms with Gasteiger partial charge in [-0.15, -0.1) is 11.3 Å². The Hall–Kier alpha value is -3.52. The number of aliphatic hydroxyl groups is 1. The average Bonchev–Trinajstić information content (AvgIpc) is 3.41. The fourth-order valence-corrected chi connectivity index (χ4v) is 4.87. The van der Waals surface area contributed by atoms with Crippen molar-refractivity contribution < 1.29 is 28.2 Å². The summed E-state index contributed by atoms with van der Waals surface area (Å²) in [7, 11) is 1.55. The van der Waals surface area contributed by atoms with E-state index in [1.54, 1.807) is 42.8 Å². The molecule has 8 heteroatoms. The molecule has 2 aromatic carbocycles. The molecule has 3 aromatic rings. The summed E-state index contributed by atoms with van der Waals surface area (Å²) >= 11 is 1.28. The maximum Gasteiger partial charge on any atom is 0.300 e. The van der Waals surface area contributed by atoms with Gasteiger partial charge in [0, 0.05) is 27.8 Å². The Morgan fingerprint density at radius 2 is 1.79 bits per heavy atom. The monoisotopic (exact) mass is 483 g/mol. The molecule has 1 aromatic heterocycles. The van der Waals surface area contributed by atoms with Crippen molar-refractivity contribution >= 4 is 34.5 Å².